The van der Waals surface area contributed by atoms with E-state index in [2.05, 4.69) is 16.9 Å². The van der Waals surface area contributed by atoms with E-state index >= 15 is 0 Å². The zero-order valence-electron chi connectivity index (χ0n) is 7.90. The van der Waals surface area contributed by atoms with Crippen molar-refractivity contribution in [2.45, 2.75) is 25.3 Å². The molecule has 13 heavy (non-hydrogen) atoms. The molecule has 2 N–H and O–H groups in total. The molecule has 0 aliphatic heterocycles. The maximum atomic E-state index is 5.79. The number of rotatable bonds is 2. The number of nitrogens with zero attached hydrogens (tertiary/aromatic N) is 2. The van der Waals surface area contributed by atoms with Crippen LogP contribution in [0.3, 0.4) is 0 Å². The van der Waals surface area contributed by atoms with E-state index in [0.29, 0.717) is 11.9 Å². The summed E-state index contributed by atoms with van der Waals surface area (Å²) in [6.07, 6.45) is 5.64. The number of anilines is 2. The Hall–Kier alpha value is -1.25. The van der Waals surface area contributed by atoms with Crippen LogP contribution in [0.4, 0.5) is 11.5 Å². The minimum absolute atomic E-state index is 0.636. The Balaban J connectivity index is 2.18. The maximum absolute atomic E-state index is 5.79. The molecule has 3 heteroatoms. The van der Waals surface area contributed by atoms with Gasteiger partial charge in [-0.1, -0.05) is 0 Å². The summed E-state index contributed by atoms with van der Waals surface area (Å²) >= 11 is 0. The van der Waals surface area contributed by atoms with Crippen LogP contribution in [-0.4, -0.2) is 18.1 Å². The standard InChI is InChI=1S/C10H15N3/c1-13(8-4-2-5-8)9-6-3-7-12-10(9)11/h3,6-8H,2,4-5H2,1H3,(H2,11,12). The lowest BCUT2D eigenvalue weighted by molar-refractivity contribution is 0.401. The molecule has 3 nitrogen and oxygen atoms in total. The predicted octanol–water partition coefficient (Wildman–Crippen LogP) is 1.65. The summed E-state index contributed by atoms with van der Waals surface area (Å²) in [4.78, 5) is 6.32. The van der Waals surface area contributed by atoms with Gasteiger partial charge in [-0.3, -0.25) is 0 Å². The summed E-state index contributed by atoms with van der Waals surface area (Å²) < 4.78 is 0. The summed E-state index contributed by atoms with van der Waals surface area (Å²) in [7, 11) is 2.09. The molecular formula is C10H15N3. The molecule has 0 aromatic carbocycles. The molecule has 0 atom stereocenters. The van der Waals surface area contributed by atoms with Gasteiger partial charge in [0, 0.05) is 19.3 Å². The van der Waals surface area contributed by atoms with Gasteiger partial charge in [-0.2, -0.15) is 0 Å². The van der Waals surface area contributed by atoms with Crippen LogP contribution in [0.15, 0.2) is 18.3 Å². The van der Waals surface area contributed by atoms with Gasteiger partial charge in [-0.05, 0) is 31.4 Å². The number of hydrogen-bond acceptors (Lipinski definition) is 3. The summed E-state index contributed by atoms with van der Waals surface area (Å²) in [5.41, 5.74) is 6.85. The summed E-state index contributed by atoms with van der Waals surface area (Å²) in [5, 5.41) is 0. The van der Waals surface area contributed by atoms with Gasteiger partial charge in [0.2, 0.25) is 0 Å². The average Bonchev–Trinajstić information content (AvgIpc) is 2.01. The SMILES string of the molecule is CN(c1cccnc1N)C1CCC1. The highest BCUT2D eigenvalue weighted by molar-refractivity contribution is 5.63. The van der Waals surface area contributed by atoms with Crippen molar-refractivity contribution < 1.29 is 0 Å². The van der Waals surface area contributed by atoms with Crippen molar-refractivity contribution in [3.63, 3.8) is 0 Å². The van der Waals surface area contributed by atoms with E-state index in [-0.39, 0.29) is 0 Å². The highest BCUT2D eigenvalue weighted by Crippen LogP contribution is 2.30. The third kappa shape index (κ3) is 1.46. The Morgan fingerprint density at radius 2 is 2.31 bits per heavy atom. The van der Waals surface area contributed by atoms with Crippen LogP contribution in [-0.2, 0) is 0 Å². The minimum Gasteiger partial charge on any atom is -0.382 e. The highest BCUT2D eigenvalue weighted by Gasteiger charge is 2.23. The smallest absolute Gasteiger partial charge is 0.146 e. The minimum atomic E-state index is 0.636. The molecule has 1 heterocycles. The Bertz CT molecular complexity index is 294. The molecule has 1 fully saturated rings. The summed E-state index contributed by atoms with van der Waals surface area (Å²) in [5.74, 6) is 0.636. The Morgan fingerprint density at radius 3 is 2.85 bits per heavy atom. The predicted molar refractivity (Wildman–Crippen MR) is 54.7 cm³/mol. The quantitative estimate of drug-likeness (QED) is 0.747. The van der Waals surface area contributed by atoms with Crippen LogP contribution >= 0.6 is 0 Å². The van der Waals surface area contributed by atoms with Crippen molar-refractivity contribution in [2.75, 3.05) is 17.7 Å². The molecule has 1 aromatic heterocycles. The van der Waals surface area contributed by atoms with E-state index < -0.39 is 0 Å². The van der Waals surface area contributed by atoms with Crippen molar-refractivity contribution in [3.05, 3.63) is 18.3 Å². The Morgan fingerprint density at radius 1 is 1.54 bits per heavy atom. The second kappa shape index (κ2) is 3.24. The molecule has 1 aromatic rings. The monoisotopic (exact) mass is 177 g/mol. The maximum Gasteiger partial charge on any atom is 0.146 e. The zero-order chi connectivity index (χ0) is 9.26. The average molecular weight is 177 g/mol. The van der Waals surface area contributed by atoms with E-state index in [4.69, 9.17) is 5.73 Å². The van der Waals surface area contributed by atoms with Gasteiger partial charge in [0.15, 0.2) is 0 Å². The van der Waals surface area contributed by atoms with Crippen molar-refractivity contribution in [1.29, 1.82) is 0 Å². The first-order valence-electron chi connectivity index (χ1n) is 4.72. The normalized spacial score (nSPS) is 16.7. The van der Waals surface area contributed by atoms with E-state index in [9.17, 15) is 0 Å². The first-order chi connectivity index (χ1) is 6.29. The molecule has 0 saturated heterocycles. The van der Waals surface area contributed by atoms with Crippen molar-refractivity contribution in [2.24, 2.45) is 0 Å². The fourth-order valence-corrected chi connectivity index (χ4v) is 1.68. The molecule has 2 rings (SSSR count). The van der Waals surface area contributed by atoms with Crippen LogP contribution in [0.5, 0.6) is 0 Å². The fourth-order valence-electron chi connectivity index (χ4n) is 1.68. The second-order valence-corrected chi connectivity index (χ2v) is 3.60. The van der Waals surface area contributed by atoms with E-state index in [1.165, 1.54) is 19.3 Å². The van der Waals surface area contributed by atoms with Crippen LogP contribution in [0.2, 0.25) is 0 Å². The molecule has 0 spiro atoms. The zero-order valence-corrected chi connectivity index (χ0v) is 7.90. The lowest BCUT2D eigenvalue weighted by Crippen LogP contribution is -2.37. The van der Waals surface area contributed by atoms with E-state index in [1.807, 2.05) is 12.1 Å². The topological polar surface area (TPSA) is 42.2 Å². The van der Waals surface area contributed by atoms with Crippen molar-refractivity contribution >= 4 is 11.5 Å². The third-order valence-electron chi connectivity index (χ3n) is 2.82. The van der Waals surface area contributed by atoms with Crippen molar-refractivity contribution in [3.8, 4) is 0 Å². The van der Waals surface area contributed by atoms with Crippen LogP contribution < -0.4 is 10.6 Å². The van der Waals surface area contributed by atoms with E-state index in [0.717, 1.165) is 5.69 Å². The molecule has 0 radical (unpaired) electrons. The van der Waals surface area contributed by atoms with Crippen LogP contribution in [0.25, 0.3) is 0 Å². The Kier molecular flexibility index (Phi) is 2.08. The molecule has 1 aliphatic rings. The first-order valence-corrected chi connectivity index (χ1v) is 4.72. The first kappa shape index (κ1) is 8.35. The molecular weight excluding hydrogens is 162 g/mol. The van der Waals surface area contributed by atoms with Gasteiger partial charge >= 0.3 is 0 Å². The van der Waals surface area contributed by atoms with Gasteiger partial charge in [-0.15, -0.1) is 0 Å². The number of nitrogen functional groups attached to an aromatic ring is 1. The number of pyridine rings is 1. The number of hydrogen-bond donors (Lipinski definition) is 1. The van der Waals surface area contributed by atoms with Gasteiger partial charge < -0.3 is 10.6 Å². The van der Waals surface area contributed by atoms with Crippen LogP contribution in [0.1, 0.15) is 19.3 Å². The largest absolute Gasteiger partial charge is 0.382 e. The van der Waals surface area contributed by atoms with Gasteiger partial charge in [0.25, 0.3) is 0 Å². The molecule has 1 aliphatic carbocycles. The van der Waals surface area contributed by atoms with Gasteiger partial charge in [0.05, 0.1) is 5.69 Å². The Labute approximate surface area is 78.6 Å². The lowest BCUT2D eigenvalue weighted by Gasteiger charge is -2.36. The molecule has 0 bridgehead atoms. The van der Waals surface area contributed by atoms with Gasteiger partial charge in [-0.25, -0.2) is 4.98 Å². The second-order valence-electron chi connectivity index (χ2n) is 3.60. The summed E-state index contributed by atoms with van der Waals surface area (Å²) in [6, 6.07) is 4.63. The number of nitrogens with two attached hydrogens (primary N) is 1. The van der Waals surface area contributed by atoms with Gasteiger partial charge in [0.1, 0.15) is 5.82 Å². The highest BCUT2D eigenvalue weighted by atomic mass is 15.2. The molecule has 0 amide bonds. The molecule has 70 valence electrons. The lowest BCUT2D eigenvalue weighted by atomic mass is 9.91. The van der Waals surface area contributed by atoms with E-state index in [1.54, 1.807) is 6.20 Å². The summed E-state index contributed by atoms with van der Waals surface area (Å²) in [6.45, 7) is 0. The third-order valence-corrected chi connectivity index (χ3v) is 2.82. The van der Waals surface area contributed by atoms with Crippen molar-refractivity contribution in [1.82, 2.24) is 4.98 Å². The molecule has 0 unspecified atom stereocenters. The van der Waals surface area contributed by atoms with Crippen LogP contribution in [0, 0.1) is 0 Å². The fraction of sp³-hybridized carbons (Fsp3) is 0.500. The molecule has 1 saturated carbocycles. The number of aromatic nitrogens is 1.